The standard InChI is InChI=1S/C17H28F2N4O2/c1-10(2)23-14-7-8-22(9-13(14)21-17(23)25)16(24)20-12-5-3-11(4-6-12)15(18)19/h10-15H,3-9H2,1-2H3,(H,20,24)(H,21,25)/t11?,12?,13-,14+/m1/s1. The second-order valence-corrected chi connectivity index (χ2v) is 7.75. The molecule has 3 rings (SSSR count). The first kappa shape index (κ1) is 18.2. The number of likely N-dealkylation sites (tertiary alicyclic amines) is 1. The van der Waals surface area contributed by atoms with Crippen molar-refractivity contribution in [2.75, 3.05) is 13.1 Å². The molecule has 3 aliphatic rings. The van der Waals surface area contributed by atoms with E-state index in [9.17, 15) is 18.4 Å². The number of urea groups is 2. The molecule has 0 bridgehead atoms. The molecule has 1 aliphatic carbocycles. The highest BCUT2D eigenvalue weighted by molar-refractivity contribution is 5.79. The molecule has 142 valence electrons. The van der Waals surface area contributed by atoms with Gasteiger partial charge < -0.3 is 20.4 Å². The molecule has 2 aliphatic heterocycles. The van der Waals surface area contributed by atoms with Crippen molar-refractivity contribution in [3.05, 3.63) is 0 Å². The van der Waals surface area contributed by atoms with Crippen molar-refractivity contribution >= 4 is 12.1 Å². The van der Waals surface area contributed by atoms with Crippen LogP contribution >= 0.6 is 0 Å². The Kier molecular flexibility index (Phi) is 5.34. The van der Waals surface area contributed by atoms with Crippen LogP contribution < -0.4 is 10.6 Å². The Balaban J connectivity index is 1.50. The Morgan fingerprint density at radius 1 is 1.20 bits per heavy atom. The Labute approximate surface area is 147 Å². The van der Waals surface area contributed by atoms with Crippen molar-refractivity contribution < 1.29 is 18.4 Å². The molecule has 1 saturated carbocycles. The summed E-state index contributed by atoms with van der Waals surface area (Å²) in [5, 5.41) is 5.96. The lowest BCUT2D eigenvalue weighted by Gasteiger charge is -2.39. The van der Waals surface area contributed by atoms with Crippen LogP contribution in [-0.4, -0.2) is 65.5 Å². The summed E-state index contributed by atoms with van der Waals surface area (Å²) in [5.41, 5.74) is 0. The summed E-state index contributed by atoms with van der Waals surface area (Å²) in [4.78, 5) is 28.2. The van der Waals surface area contributed by atoms with Gasteiger partial charge in [0.1, 0.15) is 0 Å². The molecular weight excluding hydrogens is 330 g/mol. The third-order valence-corrected chi connectivity index (χ3v) is 5.78. The van der Waals surface area contributed by atoms with Gasteiger partial charge in [0, 0.05) is 31.1 Å². The van der Waals surface area contributed by atoms with Crippen molar-refractivity contribution in [1.29, 1.82) is 0 Å². The van der Waals surface area contributed by atoms with Crippen LogP contribution in [0.4, 0.5) is 18.4 Å². The topological polar surface area (TPSA) is 64.7 Å². The van der Waals surface area contributed by atoms with Crippen molar-refractivity contribution in [1.82, 2.24) is 20.4 Å². The fourth-order valence-electron chi connectivity index (χ4n) is 4.38. The van der Waals surface area contributed by atoms with E-state index in [0.29, 0.717) is 38.8 Å². The van der Waals surface area contributed by atoms with Crippen LogP contribution in [0.2, 0.25) is 0 Å². The van der Waals surface area contributed by atoms with E-state index in [-0.39, 0.29) is 36.2 Å². The largest absolute Gasteiger partial charge is 0.335 e. The summed E-state index contributed by atoms with van der Waals surface area (Å²) < 4.78 is 25.4. The van der Waals surface area contributed by atoms with E-state index >= 15 is 0 Å². The lowest BCUT2D eigenvalue weighted by molar-refractivity contribution is 0.0507. The molecular formula is C17H28F2N4O2. The zero-order valence-corrected chi connectivity index (χ0v) is 14.9. The lowest BCUT2D eigenvalue weighted by atomic mass is 9.86. The van der Waals surface area contributed by atoms with Gasteiger partial charge in [-0.15, -0.1) is 0 Å². The molecule has 2 atom stereocenters. The van der Waals surface area contributed by atoms with Crippen molar-refractivity contribution in [2.24, 2.45) is 5.92 Å². The highest BCUT2D eigenvalue weighted by Gasteiger charge is 2.44. The number of amides is 4. The Hall–Kier alpha value is -1.60. The van der Waals surface area contributed by atoms with Crippen molar-refractivity contribution in [3.63, 3.8) is 0 Å². The Morgan fingerprint density at radius 3 is 2.48 bits per heavy atom. The Morgan fingerprint density at radius 2 is 1.88 bits per heavy atom. The van der Waals surface area contributed by atoms with Gasteiger partial charge in [0.15, 0.2) is 0 Å². The minimum absolute atomic E-state index is 0.0226. The minimum Gasteiger partial charge on any atom is -0.335 e. The maximum Gasteiger partial charge on any atom is 0.318 e. The number of fused-ring (bicyclic) bond motifs is 1. The van der Waals surface area contributed by atoms with Crippen LogP contribution in [-0.2, 0) is 0 Å². The molecule has 2 N–H and O–H groups in total. The summed E-state index contributed by atoms with van der Waals surface area (Å²) in [6, 6.07) is 0.0155. The monoisotopic (exact) mass is 358 g/mol. The van der Waals surface area contributed by atoms with Crippen LogP contribution in [0.25, 0.3) is 0 Å². The van der Waals surface area contributed by atoms with Gasteiger partial charge in [0.25, 0.3) is 0 Å². The summed E-state index contributed by atoms with van der Waals surface area (Å²) in [7, 11) is 0. The average Bonchev–Trinajstić information content (AvgIpc) is 2.90. The zero-order chi connectivity index (χ0) is 18.1. The highest BCUT2D eigenvalue weighted by Crippen LogP contribution is 2.29. The molecule has 3 fully saturated rings. The van der Waals surface area contributed by atoms with Crippen LogP contribution in [0.1, 0.15) is 46.0 Å². The lowest BCUT2D eigenvalue weighted by Crippen LogP contribution is -2.57. The van der Waals surface area contributed by atoms with Crippen LogP contribution in [0.5, 0.6) is 0 Å². The maximum atomic E-state index is 12.7. The number of carbonyl (C=O) groups is 2. The van der Waals surface area contributed by atoms with Crippen molar-refractivity contribution in [2.45, 2.75) is 76.5 Å². The number of halogens is 2. The van der Waals surface area contributed by atoms with E-state index in [1.807, 2.05) is 18.7 Å². The summed E-state index contributed by atoms with van der Waals surface area (Å²) in [5.74, 6) is -0.528. The first-order chi connectivity index (χ1) is 11.9. The molecule has 2 saturated heterocycles. The highest BCUT2D eigenvalue weighted by atomic mass is 19.3. The summed E-state index contributed by atoms with van der Waals surface area (Å²) in [6.45, 7) is 5.10. The molecule has 4 amide bonds. The van der Waals surface area contributed by atoms with E-state index in [1.54, 1.807) is 4.90 Å². The normalized spacial score (nSPS) is 32.8. The van der Waals surface area contributed by atoms with Gasteiger partial charge in [0.2, 0.25) is 6.43 Å². The summed E-state index contributed by atoms with van der Waals surface area (Å²) in [6.07, 6.45) is 0.648. The molecule has 6 nitrogen and oxygen atoms in total. The molecule has 0 spiro atoms. The summed E-state index contributed by atoms with van der Waals surface area (Å²) >= 11 is 0. The van der Waals surface area contributed by atoms with E-state index in [2.05, 4.69) is 10.6 Å². The molecule has 0 radical (unpaired) electrons. The second-order valence-electron chi connectivity index (χ2n) is 7.75. The third-order valence-electron chi connectivity index (χ3n) is 5.78. The van der Waals surface area contributed by atoms with Gasteiger partial charge >= 0.3 is 12.1 Å². The van der Waals surface area contributed by atoms with E-state index in [0.717, 1.165) is 6.42 Å². The van der Waals surface area contributed by atoms with Crippen LogP contribution in [0, 0.1) is 5.92 Å². The SMILES string of the molecule is CC(C)N1C(=O)N[C@@H]2CN(C(=O)NC3CCC(C(F)F)CC3)CC[C@@H]21. The number of rotatable bonds is 3. The number of piperidine rings is 1. The number of nitrogens with one attached hydrogen (secondary N) is 2. The van der Waals surface area contributed by atoms with E-state index in [1.165, 1.54) is 0 Å². The first-order valence-corrected chi connectivity index (χ1v) is 9.29. The average molecular weight is 358 g/mol. The van der Waals surface area contributed by atoms with Gasteiger partial charge in [0.05, 0.1) is 12.1 Å². The second kappa shape index (κ2) is 7.33. The zero-order valence-electron chi connectivity index (χ0n) is 14.9. The molecule has 25 heavy (non-hydrogen) atoms. The minimum atomic E-state index is -2.26. The predicted molar refractivity (Wildman–Crippen MR) is 89.6 cm³/mol. The van der Waals surface area contributed by atoms with Gasteiger partial charge in [-0.25, -0.2) is 18.4 Å². The van der Waals surface area contributed by atoms with Gasteiger partial charge in [-0.1, -0.05) is 0 Å². The number of alkyl halides is 2. The first-order valence-electron chi connectivity index (χ1n) is 9.29. The predicted octanol–water partition coefficient (Wildman–Crippen LogP) is 2.40. The van der Waals surface area contributed by atoms with Gasteiger partial charge in [-0.2, -0.15) is 0 Å². The van der Waals surface area contributed by atoms with Crippen molar-refractivity contribution in [3.8, 4) is 0 Å². The fourth-order valence-corrected chi connectivity index (χ4v) is 4.38. The number of hydrogen-bond donors (Lipinski definition) is 2. The third kappa shape index (κ3) is 3.82. The molecule has 0 aromatic carbocycles. The van der Waals surface area contributed by atoms with E-state index < -0.39 is 12.3 Å². The molecule has 2 heterocycles. The van der Waals surface area contributed by atoms with Gasteiger partial charge in [-0.05, 0) is 46.0 Å². The quantitative estimate of drug-likeness (QED) is 0.814. The van der Waals surface area contributed by atoms with Crippen LogP contribution in [0.3, 0.4) is 0 Å². The number of hydrogen-bond acceptors (Lipinski definition) is 2. The molecule has 0 aromatic heterocycles. The molecule has 8 heteroatoms. The Bertz CT molecular complexity index is 509. The molecule has 0 unspecified atom stereocenters. The number of nitrogens with zero attached hydrogens (tertiary/aromatic N) is 2. The van der Waals surface area contributed by atoms with Gasteiger partial charge in [-0.3, -0.25) is 0 Å². The fraction of sp³-hybridized carbons (Fsp3) is 0.882. The smallest absolute Gasteiger partial charge is 0.318 e. The molecule has 0 aromatic rings. The van der Waals surface area contributed by atoms with Crippen LogP contribution in [0.15, 0.2) is 0 Å². The van der Waals surface area contributed by atoms with E-state index in [4.69, 9.17) is 0 Å². The number of carbonyl (C=O) groups excluding carboxylic acids is 2. The maximum absolute atomic E-state index is 12.7.